The van der Waals surface area contributed by atoms with Gasteiger partial charge in [0.1, 0.15) is 11.5 Å². The number of hydrogen-bond acceptors (Lipinski definition) is 5. The summed E-state index contributed by atoms with van der Waals surface area (Å²) < 4.78 is 13.8. The van der Waals surface area contributed by atoms with Crippen molar-refractivity contribution in [2.75, 3.05) is 6.61 Å². The molecule has 0 aliphatic heterocycles. The van der Waals surface area contributed by atoms with E-state index in [-0.39, 0.29) is 6.61 Å². The number of amides is 1. The van der Waals surface area contributed by atoms with Gasteiger partial charge >= 0.3 is 5.97 Å². The maximum atomic E-state index is 12.2. The van der Waals surface area contributed by atoms with E-state index < -0.39 is 11.9 Å². The highest BCUT2D eigenvalue weighted by Crippen LogP contribution is 2.36. The number of carbonyl (C=O) groups is 2. The van der Waals surface area contributed by atoms with Crippen molar-refractivity contribution in [1.29, 1.82) is 0 Å². The second-order valence-electron chi connectivity index (χ2n) is 6.22. The summed E-state index contributed by atoms with van der Waals surface area (Å²) in [4.78, 5) is 24.2. The third-order valence-electron chi connectivity index (χ3n) is 3.90. The number of nitrogens with zero attached hydrogens (tertiary/aromatic N) is 1. The van der Waals surface area contributed by atoms with Gasteiger partial charge in [-0.3, -0.25) is 4.79 Å². The van der Waals surface area contributed by atoms with Gasteiger partial charge < -0.3 is 9.47 Å². The Kier molecular flexibility index (Phi) is 9.03. The molecule has 3 aromatic carbocycles. The molecule has 164 valence electrons. The SMILES string of the molecule is O=C(COc1c(Br)cc(Br)cc1Br)NN=Cc1ccc(OC(=O)c2ccccc2Br)cc1. The summed E-state index contributed by atoms with van der Waals surface area (Å²) in [6.07, 6.45) is 1.47. The van der Waals surface area contributed by atoms with Crippen LogP contribution < -0.4 is 14.9 Å². The lowest BCUT2D eigenvalue weighted by atomic mass is 10.2. The first-order valence-corrected chi connectivity index (χ1v) is 12.2. The van der Waals surface area contributed by atoms with Crippen LogP contribution in [0.15, 0.2) is 83.7 Å². The molecule has 0 saturated heterocycles. The minimum absolute atomic E-state index is 0.208. The molecule has 10 heteroatoms. The molecule has 0 heterocycles. The Hall–Kier alpha value is -2.01. The topological polar surface area (TPSA) is 77.0 Å². The number of hydrogen-bond donors (Lipinski definition) is 1. The summed E-state index contributed by atoms with van der Waals surface area (Å²) >= 11 is 13.5. The van der Waals surface area contributed by atoms with E-state index in [0.717, 1.165) is 4.47 Å². The normalized spacial score (nSPS) is 10.8. The molecular formula is C22H14Br4N2O4. The number of nitrogens with one attached hydrogen (secondary N) is 1. The van der Waals surface area contributed by atoms with Gasteiger partial charge in [0.15, 0.2) is 6.61 Å². The second kappa shape index (κ2) is 11.7. The number of ether oxygens (including phenoxy) is 2. The molecule has 0 spiro atoms. The molecule has 0 aliphatic rings. The van der Waals surface area contributed by atoms with E-state index in [1.165, 1.54) is 6.21 Å². The van der Waals surface area contributed by atoms with E-state index in [9.17, 15) is 9.59 Å². The number of carbonyl (C=O) groups excluding carboxylic acids is 2. The van der Waals surface area contributed by atoms with Gasteiger partial charge in [0.05, 0.1) is 20.7 Å². The predicted octanol–water partition coefficient (Wildman–Crippen LogP) is 6.48. The molecule has 1 N–H and O–H groups in total. The van der Waals surface area contributed by atoms with Crippen LogP contribution in [0, 0.1) is 0 Å². The van der Waals surface area contributed by atoms with Gasteiger partial charge in [-0.1, -0.05) is 28.1 Å². The van der Waals surface area contributed by atoms with Gasteiger partial charge in [-0.25, -0.2) is 10.2 Å². The van der Waals surface area contributed by atoms with Crippen molar-refractivity contribution in [3.05, 3.63) is 89.7 Å². The summed E-state index contributed by atoms with van der Waals surface area (Å²) in [6.45, 7) is -0.208. The van der Waals surface area contributed by atoms with Crippen molar-refractivity contribution < 1.29 is 19.1 Å². The lowest BCUT2D eigenvalue weighted by molar-refractivity contribution is -0.123. The molecule has 0 atom stereocenters. The highest BCUT2D eigenvalue weighted by molar-refractivity contribution is 9.11. The predicted molar refractivity (Wildman–Crippen MR) is 136 cm³/mol. The summed E-state index contributed by atoms with van der Waals surface area (Å²) in [6, 6.07) is 17.4. The van der Waals surface area contributed by atoms with Gasteiger partial charge in [-0.05, 0) is 102 Å². The smallest absolute Gasteiger partial charge is 0.344 e. The number of benzene rings is 3. The standard InChI is InChI=1S/C22H14Br4N2O4/c23-14-9-18(25)21(19(26)10-14)31-12-20(29)28-27-11-13-5-7-15(8-6-13)32-22(30)16-3-1-2-4-17(16)24/h1-11H,12H2,(H,28,29). The molecule has 32 heavy (non-hydrogen) atoms. The maximum absolute atomic E-state index is 12.2. The van der Waals surface area contributed by atoms with Crippen LogP contribution in [0.25, 0.3) is 0 Å². The molecule has 3 rings (SSSR count). The highest BCUT2D eigenvalue weighted by Gasteiger charge is 2.12. The first-order valence-electron chi connectivity index (χ1n) is 8.99. The van der Waals surface area contributed by atoms with Gasteiger partial charge in [-0.2, -0.15) is 5.10 Å². The van der Waals surface area contributed by atoms with Crippen LogP contribution in [0.4, 0.5) is 0 Å². The van der Waals surface area contributed by atoms with Gasteiger partial charge in [-0.15, -0.1) is 0 Å². The van der Waals surface area contributed by atoms with Crippen LogP contribution >= 0.6 is 63.7 Å². The van der Waals surface area contributed by atoms with Crippen LogP contribution in [0.1, 0.15) is 15.9 Å². The number of rotatable bonds is 7. The lowest BCUT2D eigenvalue weighted by Gasteiger charge is -2.09. The Morgan fingerprint density at radius 3 is 2.22 bits per heavy atom. The summed E-state index contributed by atoms with van der Waals surface area (Å²) in [7, 11) is 0. The Morgan fingerprint density at radius 2 is 1.56 bits per heavy atom. The van der Waals surface area contributed by atoms with Crippen molar-refractivity contribution in [3.63, 3.8) is 0 Å². The van der Waals surface area contributed by atoms with E-state index >= 15 is 0 Å². The third kappa shape index (κ3) is 6.99. The summed E-state index contributed by atoms with van der Waals surface area (Å²) in [5.41, 5.74) is 3.55. The molecule has 0 radical (unpaired) electrons. The zero-order chi connectivity index (χ0) is 23.1. The van der Waals surface area contributed by atoms with Crippen molar-refractivity contribution in [2.45, 2.75) is 0 Å². The van der Waals surface area contributed by atoms with Crippen LogP contribution in [0.2, 0.25) is 0 Å². The molecule has 0 unspecified atom stereocenters. The molecule has 0 aromatic heterocycles. The Bertz CT molecular complexity index is 1140. The zero-order valence-electron chi connectivity index (χ0n) is 16.2. The Morgan fingerprint density at radius 1 is 0.906 bits per heavy atom. The summed E-state index contributed by atoms with van der Waals surface area (Å²) in [5.74, 6) is 0.0307. The average Bonchev–Trinajstić information content (AvgIpc) is 2.74. The first kappa shape index (κ1) is 24.6. The fourth-order valence-electron chi connectivity index (χ4n) is 2.43. The number of halogens is 4. The average molecular weight is 690 g/mol. The second-order valence-corrected chi connectivity index (χ2v) is 9.70. The lowest BCUT2D eigenvalue weighted by Crippen LogP contribution is -2.24. The quantitative estimate of drug-likeness (QED) is 0.133. The van der Waals surface area contributed by atoms with Gasteiger partial charge in [0.2, 0.25) is 0 Å². The van der Waals surface area contributed by atoms with E-state index in [1.807, 2.05) is 18.2 Å². The van der Waals surface area contributed by atoms with Crippen molar-refractivity contribution in [2.24, 2.45) is 5.10 Å². The fraction of sp³-hybridized carbons (Fsp3) is 0.0455. The van der Waals surface area contributed by atoms with E-state index in [2.05, 4.69) is 74.2 Å². The van der Waals surface area contributed by atoms with Crippen LogP contribution in [0.3, 0.4) is 0 Å². The molecule has 0 fully saturated rings. The fourth-order valence-corrected chi connectivity index (χ4v) is 5.36. The van der Waals surface area contributed by atoms with E-state index in [0.29, 0.717) is 36.0 Å². The molecular weight excluding hydrogens is 676 g/mol. The molecule has 0 bridgehead atoms. The van der Waals surface area contributed by atoms with Crippen LogP contribution in [0.5, 0.6) is 11.5 Å². The van der Waals surface area contributed by atoms with E-state index in [1.54, 1.807) is 42.5 Å². The number of esters is 1. The third-order valence-corrected chi connectivity index (χ3v) is 6.23. The zero-order valence-corrected chi connectivity index (χ0v) is 22.5. The molecule has 6 nitrogen and oxygen atoms in total. The van der Waals surface area contributed by atoms with Crippen LogP contribution in [-0.2, 0) is 4.79 Å². The minimum Gasteiger partial charge on any atom is -0.481 e. The Labute approximate surface area is 217 Å². The summed E-state index contributed by atoms with van der Waals surface area (Å²) in [5, 5.41) is 3.91. The van der Waals surface area contributed by atoms with Crippen LogP contribution in [-0.4, -0.2) is 24.7 Å². The van der Waals surface area contributed by atoms with Crippen molar-refractivity contribution in [3.8, 4) is 11.5 Å². The van der Waals surface area contributed by atoms with E-state index in [4.69, 9.17) is 9.47 Å². The molecule has 1 amide bonds. The number of hydrazone groups is 1. The van der Waals surface area contributed by atoms with Gasteiger partial charge in [0.25, 0.3) is 5.91 Å². The highest BCUT2D eigenvalue weighted by atomic mass is 79.9. The first-order chi connectivity index (χ1) is 15.3. The van der Waals surface area contributed by atoms with Crippen molar-refractivity contribution >= 4 is 81.8 Å². The maximum Gasteiger partial charge on any atom is 0.344 e. The molecule has 3 aromatic rings. The Balaban J connectivity index is 1.50. The monoisotopic (exact) mass is 686 g/mol. The molecule has 0 aliphatic carbocycles. The molecule has 0 saturated carbocycles. The van der Waals surface area contributed by atoms with Gasteiger partial charge in [0, 0.05) is 8.95 Å². The van der Waals surface area contributed by atoms with Crippen molar-refractivity contribution in [1.82, 2.24) is 5.43 Å². The largest absolute Gasteiger partial charge is 0.481 e. The minimum atomic E-state index is -0.463.